The quantitative estimate of drug-likeness (QED) is 0.569. The molecule has 7 nitrogen and oxygen atoms in total. The zero-order valence-corrected chi connectivity index (χ0v) is 17.5. The molecule has 1 unspecified atom stereocenters. The highest BCUT2D eigenvalue weighted by Crippen LogP contribution is 2.26. The van der Waals surface area contributed by atoms with Crippen LogP contribution < -0.4 is 10.6 Å². The maximum atomic E-state index is 12.3. The number of likely N-dealkylation sites (tertiary alicyclic amines) is 1. The molecule has 2 rings (SSSR count). The van der Waals surface area contributed by atoms with E-state index >= 15 is 0 Å². The number of carboxylic acid groups (broad SMARTS) is 1. The SMILES string of the molecule is CCC1CCCN(C(C)(C)CNC(=O)NC2CC(N(CC)CC(=O)O)C2)C1. The summed E-state index contributed by atoms with van der Waals surface area (Å²) >= 11 is 0. The predicted molar refractivity (Wildman–Crippen MR) is 107 cm³/mol. The molecule has 1 heterocycles. The molecule has 2 fully saturated rings. The number of amides is 2. The Hall–Kier alpha value is -1.34. The van der Waals surface area contributed by atoms with Gasteiger partial charge in [0.25, 0.3) is 0 Å². The molecule has 2 amide bonds. The summed E-state index contributed by atoms with van der Waals surface area (Å²) in [6.45, 7) is 12.3. The average Bonchev–Trinajstić information content (AvgIpc) is 2.61. The Balaban J connectivity index is 1.70. The molecule has 1 aliphatic carbocycles. The van der Waals surface area contributed by atoms with E-state index < -0.39 is 5.97 Å². The summed E-state index contributed by atoms with van der Waals surface area (Å²) in [6, 6.07) is 0.282. The number of nitrogens with one attached hydrogen (secondary N) is 2. The fraction of sp³-hybridized carbons (Fsp3) is 0.900. The average molecular weight is 383 g/mol. The standard InChI is InChI=1S/C20H38N4O3/c1-5-15-8-7-9-24(12-15)20(3,4)14-21-19(27)22-16-10-17(11-16)23(6-2)13-18(25)26/h15-17H,5-14H2,1-4H3,(H,25,26)(H2,21,22,27). The second kappa shape index (κ2) is 9.73. The van der Waals surface area contributed by atoms with Crippen molar-refractivity contribution >= 4 is 12.0 Å². The highest BCUT2D eigenvalue weighted by atomic mass is 16.4. The minimum absolute atomic E-state index is 0.0478. The number of nitrogens with zero attached hydrogens (tertiary/aromatic N) is 2. The third-order valence-electron chi connectivity index (χ3n) is 6.34. The number of hydrogen-bond donors (Lipinski definition) is 3. The number of carbonyl (C=O) groups excluding carboxylic acids is 1. The van der Waals surface area contributed by atoms with Crippen LogP contribution in [0.5, 0.6) is 0 Å². The van der Waals surface area contributed by atoms with E-state index in [-0.39, 0.29) is 30.2 Å². The molecule has 0 bridgehead atoms. The van der Waals surface area contributed by atoms with E-state index in [4.69, 9.17) is 5.11 Å². The summed E-state index contributed by atoms with van der Waals surface area (Å²) in [5.41, 5.74) is -0.0478. The van der Waals surface area contributed by atoms with Crippen LogP contribution in [0, 0.1) is 5.92 Å². The minimum Gasteiger partial charge on any atom is -0.480 e. The maximum Gasteiger partial charge on any atom is 0.317 e. The van der Waals surface area contributed by atoms with Crippen LogP contribution >= 0.6 is 0 Å². The zero-order valence-electron chi connectivity index (χ0n) is 17.5. The van der Waals surface area contributed by atoms with Crippen LogP contribution in [0.15, 0.2) is 0 Å². The number of rotatable bonds is 9. The Morgan fingerprint density at radius 1 is 1.26 bits per heavy atom. The lowest BCUT2D eigenvalue weighted by molar-refractivity contribution is -0.139. The summed E-state index contributed by atoms with van der Waals surface area (Å²) in [5, 5.41) is 15.0. The Kier molecular flexibility index (Phi) is 7.91. The Morgan fingerprint density at radius 3 is 2.56 bits per heavy atom. The lowest BCUT2D eigenvalue weighted by Crippen LogP contribution is -2.59. The van der Waals surface area contributed by atoms with Crippen molar-refractivity contribution in [1.29, 1.82) is 0 Å². The summed E-state index contributed by atoms with van der Waals surface area (Å²) in [5.74, 6) is -0.0256. The Bertz CT molecular complexity index is 505. The topological polar surface area (TPSA) is 84.9 Å². The van der Waals surface area contributed by atoms with Gasteiger partial charge >= 0.3 is 12.0 Å². The molecule has 1 aliphatic heterocycles. The van der Waals surface area contributed by atoms with Gasteiger partial charge in [-0.15, -0.1) is 0 Å². The first kappa shape index (κ1) is 22.0. The molecule has 0 aromatic carbocycles. The monoisotopic (exact) mass is 382 g/mol. The van der Waals surface area contributed by atoms with Crippen molar-refractivity contribution in [3.05, 3.63) is 0 Å². The van der Waals surface area contributed by atoms with Gasteiger partial charge in [-0.05, 0) is 58.5 Å². The van der Waals surface area contributed by atoms with Gasteiger partial charge in [0.15, 0.2) is 0 Å². The van der Waals surface area contributed by atoms with Crippen LogP contribution in [0.25, 0.3) is 0 Å². The Labute approximate surface area is 163 Å². The molecule has 1 saturated carbocycles. The Morgan fingerprint density at radius 2 is 1.96 bits per heavy atom. The number of hydrogen-bond acceptors (Lipinski definition) is 4. The molecule has 0 radical (unpaired) electrons. The minimum atomic E-state index is -0.795. The number of carboxylic acids is 1. The molecule has 2 aliphatic rings. The van der Waals surface area contributed by atoms with Crippen LogP contribution in [-0.4, -0.2) is 77.3 Å². The lowest BCUT2D eigenvalue weighted by atomic mass is 9.85. The molecule has 3 N–H and O–H groups in total. The third-order valence-corrected chi connectivity index (χ3v) is 6.34. The van der Waals surface area contributed by atoms with Crippen LogP contribution in [0.2, 0.25) is 0 Å². The van der Waals surface area contributed by atoms with Gasteiger partial charge in [0.05, 0.1) is 6.54 Å². The van der Waals surface area contributed by atoms with E-state index in [2.05, 4.69) is 36.3 Å². The van der Waals surface area contributed by atoms with Crippen molar-refractivity contribution in [2.45, 2.75) is 77.4 Å². The molecular formula is C20H38N4O3. The van der Waals surface area contributed by atoms with Crippen LogP contribution in [0.4, 0.5) is 4.79 Å². The van der Waals surface area contributed by atoms with Gasteiger partial charge in [-0.3, -0.25) is 14.6 Å². The summed E-state index contributed by atoms with van der Waals surface area (Å²) < 4.78 is 0. The van der Waals surface area contributed by atoms with Gasteiger partial charge in [0.1, 0.15) is 0 Å². The van der Waals surface area contributed by atoms with E-state index in [0.717, 1.165) is 38.4 Å². The molecular weight excluding hydrogens is 344 g/mol. The first-order valence-electron chi connectivity index (χ1n) is 10.5. The van der Waals surface area contributed by atoms with E-state index in [1.54, 1.807) is 0 Å². The highest BCUT2D eigenvalue weighted by molar-refractivity contribution is 5.74. The fourth-order valence-electron chi connectivity index (χ4n) is 4.27. The molecule has 27 heavy (non-hydrogen) atoms. The largest absolute Gasteiger partial charge is 0.480 e. The first-order chi connectivity index (χ1) is 12.7. The highest BCUT2D eigenvalue weighted by Gasteiger charge is 2.35. The number of aliphatic carboxylic acids is 1. The maximum absolute atomic E-state index is 12.3. The molecule has 1 saturated heterocycles. The summed E-state index contributed by atoms with van der Waals surface area (Å²) in [7, 11) is 0. The van der Waals surface area contributed by atoms with Gasteiger partial charge in [-0.2, -0.15) is 0 Å². The van der Waals surface area contributed by atoms with Gasteiger partial charge in [-0.25, -0.2) is 4.79 Å². The van der Waals surface area contributed by atoms with E-state index in [1.807, 2.05) is 11.8 Å². The summed E-state index contributed by atoms with van der Waals surface area (Å²) in [4.78, 5) is 27.6. The van der Waals surface area contributed by atoms with E-state index in [9.17, 15) is 9.59 Å². The number of piperidine rings is 1. The van der Waals surface area contributed by atoms with E-state index in [0.29, 0.717) is 6.54 Å². The molecule has 0 spiro atoms. The summed E-state index contributed by atoms with van der Waals surface area (Å²) in [6.07, 6.45) is 5.42. The van der Waals surface area contributed by atoms with Gasteiger partial charge in [0.2, 0.25) is 0 Å². The van der Waals surface area contributed by atoms with Gasteiger partial charge in [0, 0.05) is 30.7 Å². The van der Waals surface area contributed by atoms with Gasteiger partial charge in [-0.1, -0.05) is 20.3 Å². The fourth-order valence-corrected chi connectivity index (χ4v) is 4.27. The van der Waals surface area contributed by atoms with Crippen LogP contribution in [0.3, 0.4) is 0 Å². The molecule has 7 heteroatoms. The molecule has 1 atom stereocenters. The number of urea groups is 1. The number of likely N-dealkylation sites (N-methyl/N-ethyl adjacent to an activating group) is 1. The lowest BCUT2D eigenvalue weighted by Gasteiger charge is -2.44. The van der Waals surface area contributed by atoms with Crippen LogP contribution in [-0.2, 0) is 4.79 Å². The van der Waals surface area contributed by atoms with E-state index in [1.165, 1.54) is 19.3 Å². The molecule has 0 aromatic heterocycles. The molecule has 156 valence electrons. The first-order valence-corrected chi connectivity index (χ1v) is 10.5. The third kappa shape index (κ3) is 6.35. The van der Waals surface area contributed by atoms with Crippen LogP contribution in [0.1, 0.15) is 59.8 Å². The van der Waals surface area contributed by atoms with Crippen molar-refractivity contribution < 1.29 is 14.7 Å². The number of carbonyl (C=O) groups is 2. The van der Waals surface area contributed by atoms with Crippen molar-refractivity contribution in [2.75, 3.05) is 32.7 Å². The molecule has 0 aromatic rings. The van der Waals surface area contributed by atoms with Crippen molar-refractivity contribution in [2.24, 2.45) is 5.92 Å². The van der Waals surface area contributed by atoms with Crippen molar-refractivity contribution in [3.8, 4) is 0 Å². The van der Waals surface area contributed by atoms with Crippen molar-refractivity contribution in [1.82, 2.24) is 20.4 Å². The smallest absolute Gasteiger partial charge is 0.317 e. The zero-order chi connectivity index (χ0) is 20.0. The predicted octanol–water partition coefficient (Wildman–Crippen LogP) is 2.12. The van der Waals surface area contributed by atoms with Crippen molar-refractivity contribution in [3.63, 3.8) is 0 Å². The second-order valence-electron chi connectivity index (χ2n) is 8.78. The van der Waals surface area contributed by atoms with Gasteiger partial charge < -0.3 is 15.7 Å². The second-order valence-corrected chi connectivity index (χ2v) is 8.78. The normalized spacial score (nSPS) is 26.5.